The van der Waals surface area contributed by atoms with E-state index in [2.05, 4.69) is 6.04 Å². The van der Waals surface area contributed by atoms with Crippen LogP contribution in [0.15, 0.2) is 59.5 Å². The summed E-state index contributed by atoms with van der Waals surface area (Å²) < 4.78 is 25.9. The van der Waals surface area contributed by atoms with Gasteiger partial charge in [0.05, 0.1) is 11.4 Å². The van der Waals surface area contributed by atoms with E-state index in [9.17, 15) is 8.42 Å². The second-order valence-electron chi connectivity index (χ2n) is 4.44. The molecule has 0 unspecified atom stereocenters. The van der Waals surface area contributed by atoms with Crippen molar-refractivity contribution >= 4 is 10.0 Å². The van der Waals surface area contributed by atoms with Crippen molar-refractivity contribution in [3.63, 3.8) is 0 Å². The van der Waals surface area contributed by atoms with Crippen LogP contribution in [-0.4, -0.2) is 12.7 Å². The highest BCUT2D eigenvalue weighted by Crippen LogP contribution is 2.18. The Morgan fingerprint density at radius 1 is 1.05 bits per heavy atom. The summed E-state index contributed by atoms with van der Waals surface area (Å²) in [7, 11) is -3.67. The van der Waals surface area contributed by atoms with Gasteiger partial charge in [0, 0.05) is 6.04 Å². The Morgan fingerprint density at radius 3 is 2.20 bits per heavy atom. The van der Waals surface area contributed by atoms with E-state index in [1.165, 1.54) is 0 Å². The van der Waals surface area contributed by atoms with Crippen LogP contribution < -0.4 is 0 Å². The summed E-state index contributed by atoms with van der Waals surface area (Å²) in [4.78, 5) is 0.206. The predicted molar refractivity (Wildman–Crippen MR) is 79.2 cm³/mol. The molecule has 0 spiro atoms. The number of nitrogens with zero attached hydrogens (tertiary/aromatic N) is 1. The molecule has 0 N–H and O–H groups in total. The van der Waals surface area contributed by atoms with Crippen LogP contribution in [0.25, 0.3) is 0 Å². The van der Waals surface area contributed by atoms with E-state index in [1.807, 2.05) is 37.3 Å². The predicted octanol–water partition coefficient (Wildman–Crippen LogP) is 2.78. The Morgan fingerprint density at radius 2 is 1.65 bits per heavy atom. The molecule has 0 heterocycles. The van der Waals surface area contributed by atoms with Crippen LogP contribution in [0.5, 0.6) is 0 Å². The van der Waals surface area contributed by atoms with Gasteiger partial charge in [-0.05, 0) is 24.6 Å². The van der Waals surface area contributed by atoms with Gasteiger partial charge in [-0.2, -0.15) is 0 Å². The normalized spacial score (nSPS) is 10.8. The zero-order chi connectivity index (χ0) is 14.6. The molecule has 0 fully saturated rings. The molecule has 0 aromatic heterocycles. The Hall–Kier alpha value is -2.25. The average molecular weight is 285 g/mol. The highest BCUT2D eigenvalue weighted by molar-refractivity contribution is 7.89. The van der Waals surface area contributed by atoms with Crippen LogP contribution in [-0.2, 0) is 16.6 Å². The second-order valence-corrected chi connectivity index (χ2v) is 6.30. The number of aryl methyl sites for hydroxylation is 1. The van der Waals surface area contributed by atoms with Gasteiger partial charge in [0.15, 0.2) is 0 Å². The third-order valence-electron chi connectivity index (χ3n) is 2.92. The summed E-state index contributed by atoms with van der Waals surface area (Å²) in [5.74, 6) is 0. The van der Waals surface area contributed by atoms with E-state index < -0.39 is 10.0 Å². The molecule has 0 bridgehead atoms. The Bertz CT molecular complexity index is 713. The summed E-state index contributed by atoms with van der Waals surface area (Å²) in [6, 6.07) is 18.2. The summed E-state index contributed by atoms with van der Waals surface area (Å²) in [5.41, 5.74) is 1.85. The van der Waals surface area contributed by atoms with Crippen LogP contribution in [0.2, 0.25) is 0 Å². The van der Waals surface area contributed by atoms with E-state index in [0.717, 1.165) is 15.4 Å². The number of hydrogen-bond acceptors (Lipinski definition) is 2. The van der Waals surface area contributed by atoms with Crippen molar-refractivity contribution in [1.29, 1.82) is 0 Å². The van der Waals surface area contributed by atoms with E-state index in [0.29, 0.717) is 0 Å². The van der Waals surface area contributed by atoms with Gasteiger partial charge in [-0.15, -0.1) is 0 Å². The summed E-state index contributed by atoms with van der Waals surface area (Å²) in [6.45, 7) is 2.06. The van der Waals surface area contributed by atoms with E-state index in [1.54, 1.807) is 24.3 Å². The summed E-state index contributed by atoms with van der Waals surface area (Å²) in [5, 5.41) is 0. The van der Waals surface area contributed by atoms with E-state index in [-0.39, 0.29) is 11.4 Å². The molecule has 2 aromatic carbocycles. The number of benzene rings is 2. The van der Waals surface area contributed by atoms with Crippen molar-refractivity contribution in [3.8, 4) is 12.5 Å². The van der Waals surface area contributed by atoms with Gasteiger partial charge in [0.25, 0.3) is 10.0 Å². The number of sulfonamides is 1. The molecule has 0 amide bonds. The van der Waals surface area contributed by atoms with Crippen molar-refractivity contribution in [2.45, 2.75) is 18.4 Å². The smallest absolute Gasteiger partial charge is 0.220 e. The van der Waals surface area contributed by atoms with Gasteiger partial charge in [0.1, 0.15) is 0 Å². The summed E-state index contributed by atoms with van der Waals surface area (Å²) >= 11 is 0. The third kappa shape index (κ3) is 3.01. The van der Waals surface area contributed by atoms with Gasteiger partial charge < -0.3 is 0 Å². The largest absolute Gasteiger partial charge is 0.271 e. The quantitative estimate of drug-likeness (QED) is 0.640. The minimum atomic E-state index is -3.67. The van der Waals surface area contributed by atoms with Crippen LogP contribution in [0.1, 0.15) is 11.1 Å². The maximum atomic E-state index is 12.5. The molecule has 0 aliphatic rings. The number of rotatable bonds is 4. The minimum absolute atomic E-state index is 0.160. The lowest BCUT2D eigenvalue weighted by Crippen LogP contribution is -2.26. The molecule has 2 rings (SSSR count). The molecular formula is C16H15NO2S. The van der Waals surface area contributed by atoms with Gasteiger partial charge in [0.2, 0.25) is 0 Å². The SMILES string of the molecule is C#CN(Cc1ccccc1)S(=O)(=O)c1ccc(C)cc1. The molecule has 0 saturated carbocycles. The Labute approximate surface area is 119 Å². The molecule has 2 aromatic rings. The fourth-order valence-corrected chi connectivity index (χ4v) is 2.98. The van der Waals surface area contributed by atoms with Crippen molar-refractivity contribution in [2.24, 2.45) is 0 Å². The van der Waals surface area contributed by atoms with Crippen molar-refractivity contribution in [3.05, 3.63) is 65.7 Å². The Kier molecular flexibility index (Phi) is 4.11. The van der Waals surface area contributed by atoms with Crippen molar-refractivity contribution in [2.75, 3.05) is 0 Å². The topological polar surface area (TPSA) is 37.4 Å². The van der Waals surface area contributed by atoms with Crippen LogP contribution in [0.3, 0.4) is 0 Å². The molecule has 0 atom stereocenters. The first-order valence-electron chi connectivity index (χ1n) is 6.13. The minimum Gasteiger partial charge on any atom is -0.220 e. The lowest BCUT2D eigenvalue weighted by Gasteiger charge is -2.18. The fourth-order valence-electron chi connectivity index (χ4n) is 1.79. The lowest BCUT2D eigenvalue weighted by molar-refractivity contribution is 0.509. The zero-order valence-corrected chi connectivity index (χ0v) is 12.0. The Balaban J connectivity index is 2.31. The molecular weight excluding hydrogens is 270 g/mol. The van der Waals surface area contributed by atoms with Gasteiger partial charge in [-0.1, -0.05) is 54.5 Å². The molecule has 0 radical (unpaired) electrons. The van der Waals surface area contributed by atoms with Crippen LogP contribution in [0, 0.1) is 19.4 Å². The lowest BCUT2D eigenvalue weighted by atomic mass is 10.2. The maximum absolute atomic E-state index is 12.5. The molecule has 20 heavy (non-hydrogen) atoms. The van der Waals surface area contributed by atoms with E-state index in [4.69, 9.17) is 6.42 Å². The number of hydrogen-bond donors (Lipinski definition) is 0. The standard InChI is InChI=1S/C16H15NO2S/c1-3-17(13-15-7-5-4-6-8-15)20(18,19)16-11-9-14(2)10-12-16/h1,4-12H,13H2,2H3. The first-order chi connectivity index (χ1) is 9.54. The molecule has 102 valence electrons. The van der Waals surface area contributed by atoms with Crippen molar-refractivity contribution < 1.29 is 8.42 Å². The van der Waals surface area contributed by atoms with Gasteiger partial charge >= 0.3 is 0 Å². The zero-order valence-electron chi connectivity index (χ0n) is 11.2. The molecule has 0 saturated heterocycles. The van der Waals surface area contributed by atoms with Gasteiger partial charge in [-0.25, -0.2) is 12.7 Å². The maximum Gasteiger partial charge on any atom is 0.271 e. The highest BCUT2D eigenvalue weighted by Gasteiger charge is 2.21. The molecule has 4 heteroatoms. The first-order valence-corrected chi connectivity index (χ1v) is 7.57. The molecule has 0 aliphatic carbocycles. The second kappa shape index (κ2) is 5.81. The highest BCUT2D eigenvalue weighted by atomic mass is 32.2. The van der Waals surface area contributed by atoms with Crippen molar-refractivity contribution in [1.82, 2.24) is 4.31 Å². The average Bonchev–Trinajstić information content (AvgIpc) is 2.46. The van der Waals surface area contributed by atoms with Crippen LogP contribution in [0.4, 0.5) is 0 Å². The number of terminal acetylenes is 1. The third-order valence-corrected chi connectivity index (χ3v) is 4.60. The fraction of sp³-hybridized carbons (Fsp3) is 0.125. The van der Waals surface area contributed by atoms with E-state index >= 15 is 0 Å². The summed E-state index contributed by atoms with van der Waals surface area (Å²) in [6.07, 6.45) is 5.37. The molecule has 3 nitrogen and oxygen atoms in total. The van der Waals surface area contributed by atoms with Crippen LogP contribution >= 0.6 is 0 Å². The monoisotopic (exact) mass is 285 g/mol. The molecule has 0 aliphatic heterocycles. The van der Waals surface area contributed by atoms with Gasteiger partial charge in [-0.3, -0.25) is 0 Å². The first kappa shape index (κ1) is 14.2.